The number of amides is 1. The van der Waals surface area contributed by atoms with E-state index in [9.17, 15) is 4.79 Å². The van der Waals surface area contributed by atoms with E-state index in [1.165, 1.54) is 0 Å². The molecule has 1 N–H and O–H groups in total. The van der Waals surface area contributed by atoms with Crippen LogP contribution in [-0.4, -0.2) is 43.7 Å². The first-order valence-electron chi connectivity index (χ1n) is 6.84. The molecule has 1 atom stereocenters. The van der Waals surface area contributed by atoms with Crippen LogP contribution in [-0.2, 0) is 16.1 Å². The van der Waals surface area contributed by atoms with Gasteiger partial charge in [0.15, 0.2) is 0 Å². The average molecular weight is 319 g/mol. The second-order valence-electron chi connectivity index (χ2n) is 4.64. The van der Waals surface area contributed by atoms with Crippen molar-refractivity contribution in [3.05, 3.63) is 21.3 Å². The zero-order valence-corrected chi connectivity index (χ0v) is 13.9. The predicted molar refractivity (Wildman–Crippen MR) is 84.4 cm³/mol. The van der Waals surface area contributed by atoms with Crippen LogP contribution in [0, 0.1) is 0 Å². The number of thiophene rings is 1. The third-order valence-electron chi connectivity index (χ3n) is 3.04. The number of carbonyl (C=O) groups is 1. The van der Waals surface area contributed by atoms with Crippen molar-refractivity contribution in [3.8, 4) is 0 Å². The summed E-state index contributed by atoms with van der Waals surface area (Å²) in [6.45, 7) is 6.66. The maximum atomic E-state index is 12.0. The molecule has 0 saturated carbocycles. The summed E-state index contributed by atoms with van der Waals surface area (Å²) in [5.41, 5.74) is 0. The van der Waals surface area contributed by atoms with Gasteiger partial charge in [0.25, 0.3) is 0 Å². The lowest BCUT2D eigenvalue weighted by molar-refractivity contribution is -0.125. The van der Waals surface area contributed by atoms with Gasteiger partial charge in [-0.1, -0.05) is 11.6 Å². The Hall–Kier alpha value is -0.620. The van der Waals surface area contributed by atoms with E-state index in [1.54, 1.807) is 11.3 Å². The van der Waals surface area contributed by atoms with Crippen molar-refractivity contribution in [1.82, 2.24) is 10.2 Å². The van der Waals surface area contributed by atoms with Crippen LogP contribution in [0.1, 0.15) is 25.1 Å². The molecular formula is C14H23ClN2O2S. The Kier molecular flexibility index (Phi) is 8.14. The molecule has 1 rings (SSSR count). The molecule has 0 fully saturated rings. The largest absolute Gasteiger partial charge is 0.382 e. The van der Waals surface area contributed by atoms with Crippen LogP contribution in [0.2, 0.25) is 4.34 Å². The number of nitrogens with zero attached hydrogens (tertiary/aromatic N) is 1. The number of hydrogen-bond donors (Lipinski definition) is 1. The first kappa shape index (κ1) is 17.4. The molecule has 6 heteroatoms. The second kappa shape index (κ2) is 9.34. The van der Waals surface area contributed by atoms with E-state index in [1.807, 2.05) is 37.9 Å². The fraction of sp³-hybridized carbons (Fsp3) is 0.643. The first-order valence-corrected chi connectivity index (χ1v) is 8.04. The Bertz CT molecular complexity index is 412. The molecule has 0 aromatic carbocycles. The Morgan fingerprint density at radius 1 is 1.55 bits per heavy atom. The molecular weight excluding hydrogens is 296 g/mol. The van der Waals surface area contributed by atoms with Crippen LogP contribution in [0.25, 0.3) is 0 Å². The quantitative estimate of drug-likeness (QED) is 0.712. The Labute approximate surface area is 130 Å². The van der Waals surface area contributed by atoms with Crippen LogP contribution in [0.5, 0.6) is 0 Å². The second-order valence-corrected chi connectivity index (χ2v) is 6.44. The third kappa shape index (κ3) is 6.22. The molecule has 0 bridgehead atoms. The molecule has 0 aliphatic carbocycles. The highest BCUT2D eigenvalue weighted by atomic mass is 35.5. The van der Waals surface area contributed by atoms with Gasteiger partial charge in [-0.05, 0) is 39.4 Å². The summed E-state index contributed by atoms with van der Waals surface area (Å²) >= 11 is 7.45. The van der Waals surface area contributed by atoms with Crippen molar-refractivity contribution >= 4 is 28.8 Å². The number of halogens is 1. The lowest BCUT2D eigenvalue weighted by Gasteiger charge is -2.23. The number of ether oxygens (including phenoxy) is 1. The molecule has 4 nitrogen and oxygen atoms in total. The standard InChI is InChI=1S/C14H23ClN2O2S/c1-4-19-9-5-8-16-14(18)11(2)17(3)10-12-6-7-13(15)20-12/h6-7,11H,4-5,8-10H2,1-3H3,(H,16,18). The lowest BCUT2D eigenvalue weighted by atomic mass is 10.2. The maximum absolute atomic E-state index is 12.0. The van der Waals surface area contributed by atoms with Gasteiger partial charge in [0.2, 0.25) is 5.91 Å². The van der Waals surface area contributed by atoms with Gasteiger partial charge in [-0.3, -0.25) is 9.69 Å². The fourth-order valence-electron chi connectivity index (χ4n) is 1.70. The van der Waals surface area contributed by atoms with Crippen molar-refractivity contribution in [2.75, 3.05) is 26.8 Å². The topological polar surface area (TPSA) is 41.6 Å². The molecule has 1 amide bonds. The lowest BCUT2D eigenvalue weighted by Crippen LogP contribution is -2.43. The van der Waals surface area contributed by atoms with Crippen molar-refractivity contribution in [1.29, 1.82) is 0 Å². The molecule has 0 aliphatic heterocycles. The average Bonchev–Trinajstić information content (AvgIpc) is 2.82. The fourth-order valence-corrected chi connectivity index (χ4v) is 2.85. The van der Waals surface area contributed by atoms with E-state index in [-0.39, 0.29) is 11.9 Å². The SMILES string of the molecule is CCOCCCNC(=O)C(C)N(C)Cc1ccc(Cl)s1. The van der Waals surface area contributed by atoms with Crippen LogP contribution >= 0.6 is 22.9 Å². The van der Waals surface area contributed by atoms with E-state index < -0.39 is 0 Å². The van der Waals surface area contributed by atoms with Crippen LogP contribution in [0.15, 0.2) is 12.1 Å². The summed E-state index contributed by atoms with van der Waals surface area (Å²) in [7, 11) is 1.94. The monoisotopic (exact) mass is 318 g/mol. The summed E-state index contributed by atoms with van der Waals surface area (Å²) < 4.78 is 6.01. The molecule has 0 spiro atoms. The zero-order valence-electron chi connectivity index (χ0n) is 12.3. The molecule has 20 heavy (non-hydrogen) atoms. The van der Waals surface area contributed by atoms with Crippen LogP contribution < -0.4 is 5.32 Å². The van der Waals surface area contributed by atoms with Gasteiger partial charge in [-0.25, -0.2) is 0 Å². The van der Waals surface area contributed by atoms with Gasteiger partial charge in [-0.15, -0.1) is 11.3 Å². The summed E-state index contributed by atoms with van der Waals surface area (Å²) in [5.74, 6) is 0.0478. The zero-order chi connectivity index (χ0) is 15.0. The highest BCUT2D eigenvalue weighted by Gasteiger charge is 2.18. The number of carbonyl (C=O) groups excluding carboxylic acids is 1. The van der Waals surface area contributed by atoms with Gasteiger partial charge in [0, 0.05) is 31.2 Å². The molecule has 0 saturated heterocycles. The van der Waals surface area contributed by atoms with Crippen molar-refractivity contribution in [2.24, 2.45) is 0 Å². The van der Waals surface area contributed by atoms with Gasteiger partial charge < -0.3 is 10.1 Å². The highest BCUT2D eigenvalue weighted by Crippen LogP contribution is 2.22. The van der Waals surface area contributed by atoms with Crippen molar-refractivity contribution in [3.63, 3.8) is 0 Å². The first-order chi connectivity index (χ1) is 9.54. The molecule has 114 valence electrons. The number of rotatable bonds is 9. The number of nitrogens with one attached hydrogen (secondary N) is 1. The summed E-state index contributed by atoms with van der Waals surface area (Å²) in [4.78, 5) is 15.2. The summed E-state index contributed by atoms with van der Waals surface area (Å²) in [6.07, 6.45) is 0.844. The van der Waals surface area contributed by atoms with E-state index in [0.29, 0.717) is 13.2 Å². The maximum Gasteiger partial charge on any atom is 0.237 e. The minimum atomic E-state index is -0.164. The minimum Gasteiger partial charge on any atom is -0.382 e. The Morgan fingerprint density at radius 2 is 2.30 bits per heavy atom. The van der Waals surface area contributed by atoms with E-state index in [4.69, 9.17) is 16.3 Å². The molecule has 1 aromatic heterocycles. The van der Waals surface area contributed by atoms with Crippen molar-refractivity contribution < 1.29 is 9.53 Å². The van der Waals surface area contributed by atoms with Gasteiger partial charge >= 0.3 is 0 Å². The van der Waals surface area contributed by atoms with Crippen molar-refractivity contribution in [2.45, 2.75) is 32.9 Å². The molecule has 1 heterocycles. The van der Waals surface area contributed by atoms with Crippen LogP contribution in [0.4, 0.5) is 0 Å². The third-order valence-corrected chi connectivity index (χ3v) is 4.26. The molecule has 0 radical (unpaired) electrons. The van der Waals surface area contributed by atoms with E-state index in [0.717, 1.165) is 28.8 Å². The Morgan fingerprint density at radius 3 is 2.90 bits per heavy atom. The molecule has 1 aromatic rings. The smallest absolute Gasteiger partial charge is 0.237 e. The number of hydrogen-bond acceptors (Lipinski definition) is 4. The highest BCUT2D eigenvalue weighted by molar-refractivity contribution is 7.16. The summed E-state index contributed by atoms with van der Waals surface area (Å²) in [6, 6.07) is 3.72. The molecule has 1 unspecified atom stereocenters. The van der Waals surface area contributed by atoms with Gasteiger partial charge in [0.05, 0.1) is 10.4 Å². The predicted octanol–water partition coefficient (Wildman–Crippen LogP) is 2.76. The van der Waals surface area contributed by atoms with E-state index in [2.05, 4.69) is 5.32 Å². The normalized spacial score (nSPS) is 12.7. The summed E-state index contributed by atoms with van der Waals surface area (Å²) in [5, 5.41) is 2.93. The number of likely N-dealkylation sites (N-methyl/N-ethyl adjacent to an activating group) is 1. The molecule has 0 aliphatic rings. The van der Waals surface area contributed by atoms with Crippen LogP contribution in [0.3, 0.4) is 0 Å². The van der Waals surface area contributed by atoms with E-state index >= 15 is 0 Å². The minimum absolute atomic E-state index is 0.0478. The Balaban J connectivity index is 2.28. The van der Waals surface area contributed by atoms with Gasteiger partial charge in [-0.2, -0.15) is 0 Å². The van der Waals surface area contributed by atoms with Gasteiger partial charge in [0.1, 0.15) is 0 Å².